The topological polar surface area (TPSA) is 91.1 Å². The van der Waals surface area contributed by atoms with Gasteiger partial charge in [-0.15, -0.1) is 45.8 Å². The second kappa shape index (κ2) is 16.9. The molecule has 1 radical (unpaired) electrons. The number of rotatable bonds is 17. The van der Waals surface area contributed by atoms with Crippen LogP contribution in [0, 0.1) is 10.6 Å². The van der Waals surface area contributed by atoms with Gasteiger partial charge in [0.25, 0.3) is 0 Å². The molecule has 4 aromatic heterocycles. The third-order valence-electron chi connectivity index (χ3n) is 10.00. The predicted molar refractivity (Wildman–Crippen MR) is 211 cm³/mol. The van der Waals surface area contributed by atoms with E-state index in [1.807, 2.05) is 6.07 Å². The molecule has 0 aromatic carbocycles. The first-order valence-electron chi connectivity index (χ1n) is 18.0. The molecule has 0 aliphatic carbocycles. The van der Waals surface area contributed by atoms with Gasteiger partial charge in [-0.1, -0.05) is 70.3 Å². The highest BCUT2D eigenvalue weighted by atomic mass is 32.2. The summed E-state index contributed by atoms with van der Waals surface area (Å²) in [5.41, 5.74) is 1.93. The van der Waals surface area contributed by atoms with Crippen molar-refractivity contribution in [1.29, 1.82) is 0 Å². The number of amidine groups is 1. The van der Waals surface area contributed by atoms with Crippen molar-refractivity contribution in [3.05, 3.63) is 34.3 Å². The van der Waals surface area contributed by atoms with Gasteiger partial charge >= 0.3 is 5.84 Å². The fraction of sp³-hybridized carbons (Fsp3) is 0.553. The van der Waals surface area contributed by atoms with E-state index in [0.717, 1.165) is 77.9 Å². The van der Waals surface area contributed by atoms with Crippen LogP contribution in [-0.2, 0) is 12.3 Å². The second-order valence-electron chi connectivity index (χ2n) is 13.5. The number of methoxy groups -OCH3 is 2. The van der Waals surface area contributed by atoms with E-state index >= 15 is 0 Å². The zero-order valence-corrected chi connectivity index (χ0v) is 33.9. The number of hydrogen-bond acceptors (Lipinski definition) is 10. The molecule has 0 unspecified atom stereocenters. The summed E-state index contributed by atoms with van der Waals surface area (Å²) in [6.07, 6.45) is 13.6. The minimum atomic E-state index is -0.141. The van der Waals surface area contributed by atoms with Gasteiger partial charge in [-0.3, -0.25) is 4.74 Å². The molecule has 0 bridgehead atoms. The lowest BCUT2D eigenvalue weighted by Gasteiger charge is -2.31. The molecule has 0 atom stereocenters. The second-order valence-corrected chi connectivity index (χ2v) is 17.7. The van der Waals surface area contributed by atoms with Crippen LogP contribution in [0.2, 0.25) is 0 Å². The Bertz CT molecular complexity index is 1810. The first-order valence-corrected chi connectivity index (χ1v) is 21.7. The maximum atomic E-state index is 13.1. The first kappa shape index (κ1) is 37.9. The van der Waals surface area contributed by atoms with Gasteiger partial charge in [-0.2, -0.15) is 0 Å². The number of thioether (sulfide) groups is 1. The van der Waals surface area contributed by atoms with E-state index in [2.05, 4.69) is 49.9 Å². The van der Waals surface area contributed by atoms with Crippen molar-refractivity contribution >= 4 is 51.6 Å². The number of aromatic nitrogens is 1. The third kappa shape index (κ3) is 7.78. The Morgan fingerprint density at radius 1 is 0.843 bits per heavy atom. The van der Waals surface area contributed by atoms with E-state index in [1.165, 1.54) is 54.1 Å². The third-order valence-corrected chi connectivity index (χ3v) is 14.7. The van der Waals surface area contributed by atoms with Crippen LogP contribution >= 0.6 is 45.8 Å². The SMILES string of the molecule is CCCCCCC1(CCCCCC)COc2c(C3=[N+]([O-])CCN3[O])sc(-c3cc(OC)c(-c4ccc(-c5sc(SC)cc5OC)n4C)s3)c2OC1. The molecule has 277 valence electrons. The fourth-order valence-corrected chi connectivity index (χ4v) is 11.3. The van der Waals surface area contributed by atoms with Crippen molar-refractivity contribution in [3.8, 4) is 53.9 Å². The summed E-state index contributed by atoms with van der Waals surface area (Å²) in [5.74, 6) is 2.85. The van der Waals surface area contributed by atoms with Crippen molar-refractivity contribution in [2.75, 3.05) is 46.8 Å². The average Bonchev–Trinajstić information content (AvgIpc) is 3.95. The molecule has 9 nitrogen and oxygen atoms in total. The fourth-order valence-electron chi connectivity index (χ4n) is 7.04. The molecule has 0 fully saturated rings. The quantitative estimate of drug-likeness (QED) is 0.0457. The molecule has 6 heterocycles. The molecule has 13 heteroatoms. The summed E-state index contributed by atoms with van der Waals surface area (Å²) in [7, 11) is 5.47. The van der Waals surface area contributed by atoms with Crippen LogP contribution in [-0.4, -0.2) is 67.0 Å². The molecule has 6 rings (SSSR count). The normalized spacial score (nSPS) is 15.5. The van der Waals surface area contributed by atoms with E-state index in [1.54, 1.807) is 48.7 Å². The maximum Gasteiger partial charge on any atom is 0.329 e. The molecule has 0 saturated heterocycles. The van der Waals surface area contributed by atoms with Crippen LogP contribution < -0.4 is 18.9 Å². The maximum absolute atomic E-state index is 13.1. The van der Waals surface area contributed by atoms with Crippen molar-refractivity contribution < 1.29 is 28.9 Å². The van der Waals surface area contributed by atoms with Gasteiger partial charge in [0.05, 0.1) is 62.5 Å². The van der Waals surface area contributed by atoms with Crippen LogP contribution in [0.4, 0.5) is 0 Å². The van der Waals surface area contributed by atoms with E-state index in [0.29, 0.717) is 29.6 Å². The minimum Gasteiger partial charge on any atom is -0.715 e. The summed E-state index contributed by atoms with van der Waals surface area (Å²) < 4.78 is 29.5. The highest BCUT2D eigenvalue weighted by Crippen LogP contribution is 2.56. The monoisotopic (exact) mass is 772 g/mol. The number of hydroxylamine groups is 3. The average molecular weight is 773 g/mol. The summed E-state index contributed by atoms with van der Waals surface area (Å²) in [4.78, 5) is 4.38. The molecular formula is C38H50N3O6S4. The Balaban J connectivity index is 1.40. The number of ether oxygens (including phenoxy) is 4. The Labute approximate surface area is 318 Å². The summed E-state index contributed by atoms with van der Waals surface area (Å²) in [5, 5.41) is 26.9. The number of hydrogen-bond donors (Lipinski definition) is 0. The predicted octanol–water partition coefficient (Wildman–Crippen LogP) is 10.6. The van der Waals surface area contributed by atoms with Crippen LogP contribution in [0.15, 0.2) is 28.5 Å². The Kier molecular flexibility index (Phi) is 12.5. The Hall–Kier alpha value is -2.84. The number of nitrogens with zero attached hydrogens (tertiary/aromatic N) is 3. The standard InChI is InChI=1S/C38H50N3O6S4/c1-7-9-11-13-17-38(18-14-12-10-8-2)23-46-31-32(47-24-38)36(37-40(42)19-20-41(37)43)51-35(31)29-21-27(44-4)33(49-29)25-15-16-26(39(25)3)34-28(45-5)22-30(48-6)50-34/h15-16,21-22H,7-14,17-20,23-24H2,1-6H3. The molecule has 2 aliphatic rings. The highest BCUT2D eigenvalue weighted by Gasteiger charge is 2.42. The smallest absolute Gasteiger partial charge is 0.329 e. The summed E-state index contributed by atoms with van der Waals surface area (Å²) in [6.45, 7) is 5.77. The molecular weight excluding hydrogens is 723 g/mol. The van der Waals surface area contributed by atoms with Gasteiger partial charge in [0.15, 0.2) is 22.9 Å². The molecule has 0 N–H and O–H groups in total. The number of fused-ring (bicyclic) bond motifs is 1. The lowest BCUT2D eigenvalue weighted by atomic mass is 9.79. The van der Waals surface area contributed by atoms with Gasteiger partial charge in [0.2, 0.25) is 0 Å². The van der Waals surface area contributed by atoms with E-state index in [4.69, 9.17) is 18.9 Å². The van der Waals surface area contributed by atoms with Gasteiger partial charge in [0, 0.05) is 29.8 Å². The molecule has 0 spiro atoms. The molecule has 4 aromatic rings. The van der Waals surface area contributed by atoms with Gasteiger partial charge in [-0.25, -0.2) is 0 Å². The van der Waals surface area contributed by atoms with Gasteiger partial charge < -0.3 is 28.7 Å². The summed E-state index contributed by atoms with van der Waals surface area (Å²) >= 11 is 6.43. The summed E-state index contributed by atoms with van der Waals surface area (Å²) in [6, 6.07) is 8.38. The van der Waals surface area contributed by atoms with Crippen molar-refractivity contribution in [2.45, 2.75) is 82.3 Å². The van der Waals surface area contributed by atoms with E-state index in [9.17, 15) is 10.4 Å². The van der Waals surface area contributed by atoms with E-state index in [-0.39, 0.29) is 24.3 Å². The van der Waals surface area contributed by atoms with Gasteiger partial charge in [-0.05, 0) is 31.2 Å². The Morgan fingerprint density at radius 3 is 1.98 bits per heavy atom. The highest BCUT2D eigenvalue weighted by molar-refractivity contribution is 8.00. The molecule has 0 amide bonds. The number of unbranched alkanes of at least 4 members (excludes halogenated alkanes) is 6. The lowest BCUT2D eigenvalue weighted by molar-refractivity contribution is -0.445. The molecule has 2 aliphatic heterocycles. The van der Waals surface area contributed by atoms with Crippen molar-refractivity contribution in [2.24, 2.45) is 12.5 Å². The largest absolute Gasteiger partial charge is 0.715 e. The van der Waals surface area contributed by atoms with Crippen LogP contribution in [0.3, 0.4) is 0 Å². The van der Waals surface area contributed by atoms with Crippen LogP contribution in [0.5, 0.6) is 23.0 Å². The first-order chi connectivity index (χ1) is 24.8. The lowest BCUT2D eigenvalue weighted by Crippen LogP contribution is -2.34. The van der Waals surface area contributed by atoms with Gasteiger partial charge in [0.1, 0.15) is 18.0 Å². The van der Waals surface area contributed by atoms with Crippen LogP contribution in [0.1, 0.15) is 82.9 Å². The Morgan fingerprint density at radius 2 is 1.43 bits per heavy atom. The number of thiophene rings is 3. The van der Waals surface area contributed by atoms with Crippen molar-refractivity contribution in [3.63, 3.8) is 0 Å². The molecule has 51 heavy (non-hydrogen) atoms. The zero-order valence-electron chi connectivity index (χ0n) is 30.6. The minimum absolute atomic E-state index is 0.106. The molecule has 0 saturated carbocycles. The van der Waals surface area contributed by atoms with Crippen molar-refractivity contribution in [1.82, 2.24) is 9.63 Å². The zero-order chi connectivity index (χ0) is 36.1. The van der Waals surface area contributed by atoms with E-state index < -0.39 is 0 Å². The van der Waals surface area contributed by atoms with Crippen LogP contribution in [0.25, 0.3) is 30.9 Å².